The Bertz CT molecular complexity index is 536. The predicted molar refractivity (Wildman–Crippen MR) is 70.3 cm³/mol. The van der Waals surface area contributed by atoms with Crippen LogP contribution in [0, 0.1) is 5.41 Å². The standard InChI is InChI=1S/C9H16N4O3S2/c1-9(2,5-17-3)6(14)10-7-11-8(13-12-7)18(4,15)16/h5H2,1-4H3,(H2,10,11,12,13,14). The fourth-order valence-electron chi connectivity index (χ4n) is 1.17. The van der Waals surface area contributed by atoms with Gasteiger partial charge in [-0.3, -0.25) is 10.1 Å². The Balaban J connectivity index is 2.80. The van der Waals surface area contributed by atoms with Crippen LogP contribution in [0.3, 0.4) is 0 Å². The van der Waals surface area contributed by atoms with Crippen LogP contribution in [0.5, 0.6) is 0 Å². The summed E-state index contributed by atoms with van der Waals surface area (Å²) in [7, 11) is -3.45. The van der Waals surface area contributed by atoms with Crippen molar-refractivity contribution < 1.29 is 13.2 Å². The van der Waals surface area contributed by atoms with E-state index in [9.17, 15) is 13.2 Å². The first-order valence-corrected chi connectivity index (χ1v) is 8.38. The average molecular weight is 292 g/mol. The van der Waals surface area contributed by atoms with Gasteiger partial charge in [0.25, 0.3) is 0 Å². The second kappa shape index (κ2) is 5.27. The maximum absolute atomic E-state index is 11.9. The summed E-state index contributed by atoms with van der Waals surface area (Å²) in [5.41, 5.74) is -0.578. The number of amides is 1. The molecule has 0 aliphatic rings. The van der Waals surface area contributed by atoms with E-state index >= 15 is 0 Å². The zero-order chi connectivity index (χ0) is 14.0. The van der Waals surface area contributed by atoms with Crippen molar-refractivity contribution in [2.24, 2.45) is 5.41 Å². The van der Waals surface area contributed by atoms with Crippen LogP contribution in [0.2, 0.25) is 0 Å². The molecule has 0 aromatic carbocycles. The molecule has 0 radical (unpaired) electrons. The van der Waals surface area contributed by atoms with E-state index in [1.807, 2.05) is 6.26 Å². The third-order valence-electron chi connectivity index (χ3n) is 2.16. The molecule has 0 fully saturated rings. The number of aromatic nitrogens is 3. The third-order valence-corrected chi connectivity index (χ3v) is 4.06. The lowest BCUT2D eigenvalue weighted by molar-refractivity contribution is -0.122. The molecule has 1 aromatic heterocycles. The Morgan fingerprint density at radius 2 is 2.11 bits per heavy atom. The number of carbonyl (C=O) groups excluding carboxylic acids is 1. The van der Waals surface area contributed by atoms with Crippen LogP contribution in [0.1, 0.15) is 13.8 Å². The minimum atomic E-state index is -3.45. The molecular formula is C9H16N4O3S2. The summed E-state index contributed by atoms with van der Waals surface area (Å²) in [6.07, 6.45) is 2.92. The largest absolute Gasteiger partial charge is 0.293 e. The molecule has 0 spiro atoms. The first kappa shape index (κ1) is 15.0. The van der Waals surface area contributed by atoms with Gasteiger partial charge in [0.05, 0.1) is 5.41 Å². The summed E-state index contributed by atoms with van der Waals surface area (Å²) in [5, 5.41) is 8.13. The van der Waals surface area contributed by atoms with Crippen LogP contribution in [0.25, 0.3) is 0 Å². The Kier molecular flexibility index (Phi) is 4.38. The first-order valence-electron chi connectivity index (χ1n) is 5.09. The molecule has 1 aromatic rings. The van der Waals surface area contributed by atoms with E-state index in [1.54, 1.807) is 25.6 Å². The minimum absolute atomic E-state index is 0.0328. The second-order valence-corrected chi connectivity index (χ2v) is 7.30. The van der Waals surface area contributed by atoms with Gasteiger partial charge in [-0.15, -0.1) is 5.10 Å². The molecule has 7 nitrogen and oxygen atoms in total. The smallest absolute Gasteiger partial charge is 0.249 e. The number of carbonyl (C=O) groups is 1. The summed E-state index contributed by atoms with van der Waals surface area (Å²) in [5.74, 6) is 0.354. The number of anilines is 1. The topological polar surface area (TPSA) is 105 Å². The van der Waals surface area contributed by atoms with Crippen molar-refractivity contribution in [3.05, 3.63) is 0 Å². The highest BCUT2D eigenvalue weighted by Gasteiger charge is 2.28. The summed E-state index contributed by atoms with van der Waals surface area (Å²) in [6, 6.07) is 0. The molecule has 0 atom stereocenters. The Hall–Kier alpha value is -1.09. The lowest BCUT2D eigenvalue weighted by Crippen LogP contribution is -2.33. The second-order valence-electron chi connectivity index (χ2n) is 4.51. The van der Waals surface area contributed by atoms with Crippen LogP contribution in [0.4, 0.5) is 5.95 Å². The number of aromatic amines is 1. The molecule has 102 valence electrons. The fourth-order valence-corrected chi connectivity index (χ4v) is 2.48. The van der Waals surface area contributed by atoms with Crippen LogP contribution in [-0.2, 0) is 14.6 Å². The van der Waals surface area contributed by atoms with Crippen LogP contribution in [0.15, 0.2) is 5.16 Å². The van der Waals surface area contributed by atoms with Gasteiger partial charge in [-0.05, 0) is 6.26 Å². The van der Waals surface area contributed by atoms with Crippen molar-refractivity contribution in [2.75, 3.05) is 23.6 Å². The Morgan fingerprint density at radius 3 is 2.56 bits per heavy atom. The zero-order valence-corrected chi connectivity index (χ0v) is 12.3. The monoisotopic (exact) mass is 292 g/mol. The molecule has 0 aliphatic heterocycles. The zero-order valence-electron chi connectivity index (χ0n) is 10.6. The van der Waals surface area contributed by atoms with E-state index in [-0.39, 0.29) is 17.0 Å². The number of rotatable bonds is 5. The maximum Gasteiger partial charge on any atom is 0.249 e. The first-order chi connectivity index (χ1) is 8.16. The SMILES string of the molecule is CSCC(C)(C)C(=O)Nc1n[nH]c(S(C)(=O)=O)n1. The molecule has 1 amide bonds. The molecule has 0 saturated carbocycles. The van der Waals surface area contributed by atoms with E-state index in [0.717, 1.165) is 6.26 Å². The van der Waals surface area contributed by atoms with Gasteiger partial charge in [0.15, 0.2) is 0 Å². The Morgan fingerprint density at radius 1 is 1.50 bits per heavy atom. The maximum atomic E-state index is 11.9. The van der Waals surface area contributed by atoms with Crippen molar-refractivity contribution in [3.63, 3.8) is 0 Å². The van der Waals surface area contributed by atoms with Crippen LogP contribution < -0.4 is 5.32 Å². The number of nitrogens with zero attached hydrogens (tertiary/aromatic N) is 2. The highest BCUT2D eigenvalue weighted by molar-refractivity contribution is 7.98. The van der Waals surface area contributed by atoms with E-state index in [1.165, 1.54) is 0 Å². The number of H-pyrrole nitrogens is 1. The highest BCUT2D eigenvalue weighted by atomic mass is 32.2. The molecule has 0 aliphatic carbocycles. The van der Waals surface area contributed by atoms with Gasteiger partial charge in [0.1, 0.15) is 0 Å². The molecule has 1 heterocycles. The third kappa shape index (κ3) is 3.70. The van der Waals surface area contributed by atoms with Crippen molar-refractivity contribution in [3.8, 4) is 0 Å². The lowest BCUT2D eigenvalue weighted by atomic mass is 9.95. The summed E-state index contributed by atoms with van der Waals surface area (Å²) in [4.78, 5) is 15.6. The number of thioether (sulfide) groups is 1. The van der Waals surface area contributed by atoms with E-state index in [4.69, 9.17) is 0 Å². The van der Waals surface area contributed by atoms with E-state index in [0.29, 0.717) is 5.75 Å². The van der Waals surface area contributed by atoms with E-state index in [2.05, 4.69) is 20.5 Å². The average Bonchev–Trinajstić information content (AvgIpc) is 2.65. The Labute approximate surface area is 110 Å². The van der Waals surface area contributed by atoms with Crippen molar-refractivity contribution in [2.45, 2.75) is 19.0 Å². The van der Waals surface area contributed by atoms with Gasteiger partial charge in [-0.1, -0.05) is 13.8 Å². The highest BCUT2D eigenvalue weighted by Crippen LogP contribution is 2.22. The summed E-state index contributed by atoms with van der Waals surface area (Å²) >= 11 is 1.55. The van der Waals surface area contributed by atoms with Crippen molar-refractivity contribution in [1.29, 1.82) is 0 Å². The molecular weight excluding hydrogens is 276 g/mol. The molecule has 0 bridgehead atoms. The number of sulfone groups is 1. The number of nitrogens with one attached hydrogen (secondary N) is 2. The van der Waals surface area contributed by atoms with E-state index < -0.39 is 15.3 Å². The summed E-state index contributed by atoms with van der Waals surface area (Å²) < 4.78 is 22.4. The predicted octanol–water partition coefficient (Wildman–Crippen LogP) is 0.536. The van der Waals surface area contributed by atoms with Gasteiger partial charge in [0, 0.05) is 12.0 Å². The van der Waals surface area contributed by atoms with Gasteiger partial charge < -0.3 is 0 Å². The molecule has 0 saturated heterocycles. The quantitative estimate of drug-likeness (QED) is 0.820. The van der Waals surface area contributed by atoms with Gasteiger partial charge in [-0.2, -0.15) is 16.7 Å². The molecule has 18 heavy (non-hydrogen) atoms. The van der Waals surface area contributed by atoms with Gasteiger partial charge in [-0.25, -0.2) is 13.5 Å². The molecule has 0 unspecified atom stereocenters. The van der Waals surface area contributed by atoms with Gasteiger partial charge >= 0.3 is 0 Å². The van der Waals surface area contributed by atoms with Crippen molar-refractivity contribution >= 4 is 33.5 Å². The number of hydrogen-bond acceptors (Lipinski definition) is 6. The lowest BCUT2D eigenvalue weighted by Gasteiger charge is -2.21. The van der Waals surface area contributed by atoms with Crippen LogP contribution in [-0.4, -0.2) is 47.8 Å². The molecule has 9 heteroatoms. The minimum Gasteiger partial charge on any atom is -0.293 e. The van der Waals surface area contributed by atoms with Gasteiger partial charge in [0.2, 0.25) is 26.8 Å². The summed E-state index contributed by atoms with van der Waals surface area (Å²) in [6.45, 7) is 3.59. The van der Waals surface area contributed by atoms with Crippen molar-refractivity contribution in [1.82, 2.24) is 15.2 Å². The normalized spacial score (nSPS) is 12.4. The molecule has 1 rings (SSSR count). The number of hydrogen-bond donors (Lipinski definition) is 2. The van der Waals surface area contributed by atoms with Crippen LogP contribution >= 0.6 is 11.8 Å². The fraction of sp³-hybridized carbons (Fsp3) is 0.667. The molecule has 2 N–H and O–H groups in total.